The first-order valence-corrected chi connectivity index (χ1v) is 5.57. The Morgan fingerprint density at radius 3 is 2.94 bits per heavy atom. The van der Waals surface area contributed by atoms with E-state index in [2.05, 4.69) is 12.2 Å². The Labute approximate surface area is 94.3 Å². The molecular formula is C12H16F2N2. The number of hydrogen-bond donors (Lipinski definition) is 1. The summed E-state index contributed by atoms with van der Waals surface area (Å²) in [7, 11) is 0. The van der Waals surface area contributed by atoms with Crippen LogP contribution >= 0.6 is 0 Å². The third-order valence-electron chi connectivity index (χ3n) is 2.83. The second kappa shape index (κ2) is 4.78. The van der Waals surface area contributed by atoms with Gasteiger partial charge in [-0.2, -0.15) is 0 Å². The quantitative estimate of drug-likeness (QED) is 0.788. The van der Waals surface area contributed by atoms with E-state index in [0.29, 0.717) is 11.6 Å². The third kappa shape index (κ3) is 2.50. The van der Waals surface area contributed by atoms with Crippen molar-refractivity contribution in [3.05, 3.63) is 29.8 Å². The van der Waals surface area contributed by atoms with Gasteiger partial charge in [0.15, 0.2) is 0 Å². The number of rotatable bonds is 1. The van der Waals surface area contributed by atoms with E-state index in [-0.39, 0.29) is 0 Å². The van der Waals surface area contributed by atoms with Gasteiger partial charge in [-0.05, 0) is 24.6 Å². The molecule has 1 unspecified atom stereocenters. The van der Waals surface area contributed by atoms with Crippen LogP contribution in [0.1, 0.15) is 6.92 Å². The molecule has 0 spiro atoms. The summed E-state index contributed by atoms with van der Waals surface area (Å²) in [6, 6.07) is 3.77. The topological polar surface area (TPSA) is 15.3 Å². The molecule has 1 heterocycles. The van der Waals surface area contributed by atoms with Gasteiger partial charge in [-0.25, -0.2) is 8.78 Å². The fourth-order valence-corrected chi connectivity index (χ4v) is 2.05. The molecule has 88 valence electrons. The number of nitrogens with zero attached hydrogens (tertiary/aromatic N) is 1. The molecule has 0 aliphatic carbocycles. The maximum absolute atomic E-state index is 13.6. The largest absolute Gasteiger partial charge is 0.368 e. The molecule has 1 saturated heterocycles. The van der Waals surface area contributed by atoms with Crippen molar-refractivity contribution in [2.75, 3.05) is 31.1 Å². The normalized spacial score (nSPS) is 21.9. The van der Waals surface area contributed by atoms with Crippen molar-refractivity contribution in [3.63, 3.8) is 0 Å². The highest BCUT2D eigenvalue weighted by Gasteiger charge is 2.17. The average molecular weight is 226 g/mol. The van der Waals surface area contributed by atoms with Gasteiger partial charge in [-0.15, -0.1) is 0 Å². The van der Waals surface area contributed by atoms with Gasteiger partial charge in [0.1, 0.15) is 11.6 Å². The zero-order valence-electron chi connectivity index (χ0n) is 9.34. The summed E-state index contributed by atoms with van der Waals surface area (Å²) in [6.45, 7) is 5.45. The van der Waals surface area contributed by atoms with Crippen LogP contribution in [0.3, 0.4) is 0 Å². The van der Waals surface area contributed by atoms with Crippen LogP contribution in [0.15, 0.2) is 18.2 Å². The molecule has 1 N–H and O–H groups in total. The monoisotopic (exact) mass is 226 g/mol. The zero-order valence-corrected chi connectivity index (χ0v) is 9.34. The van der Waals surface area contributed by atoms with Crippen molar-refractivity contribution < 1.29 is 8.78 Å². The highest BCUT2D eigenvalue weighted by Crippen LogP contribution is 2.21. The first kappa shape index (κ1) is 11.3. The second-order valence-electron chi connectivity index (χ2n) is 4.35. The van der Waals surface area contributed by atoms with Crippen molar-refractivity contribution in [3.8, 4) is 0 Å². The minimum atomic E-state index is -0.526. The van der Waals surface area contributed by atoms with Crippen LogP contribution in [0.2, 0.25) is 0 Å². The summed E-state index contributed by atoms with van der Waals surface area (Å²) in [5.41, 5.74) is 0.497. The number of benzene rings is 1. The van der Waals surface area contributed by atoms with Crippen LogP contribution in [0.5, 0.6) is 0 Å². The lowest BCUT2D eigenvalue weighted by atomic mass is 10.1. The van der Waals surface area contributed by atoms with E-state index >= 15 is 0 Å². The van der Waals surface area contributed by atoms with Gasteiger partial charge in [-0.3, -0.25) is 0 Å². The Balaban J connectivity index is 2.21. The van der Waals surface area contributed by atoms with Gasteiger partial charge in [0.05, 0.1) is 5.69 Å². The highest BCUT2D eigenvalue weighted by atomic mass is 19.1. The van der Waals surface area contributed by atoms with Crippen molar-refractivity contribution in [1.29, 1.82) is 0 Å². The summed E-state index contributed by atoms with van der Waals surface area (Å²) < 4.78 is 26.4. The highest BCUT2D eigenvalue weighted by molar-refractivity contribution is 5.48. The lowest BCUT2D eigenvalue weighted by Crippen LogP contribution is -2.30. The first-order chi connectivity index (χ1) is 7.66. The second-order valence-corrected chi connectivity index (χ2v) is 4.35. The lowest BCUT2D eigenvalue weighted by molar-refractivity contribution is 0.553. The molecule has 1 fully saturated rings. The number of hydrogen-bond acceptors (Lipinski definition) is 2. The van der Waals surface area contributed by atoms with Crippen LogP contribution in [0.25, 0.3) is 0 Å². The molecule has 2 nitrogen and oxygen atoms in total. The molecular weight excluding hydrogens is 210 g/mol. The van der Waals surface area contributed by atoms with Crippen molar-refractivity contribution in [1.82, 2.24) is 5.32 Å². The van der Waals surface area contributed by atoms with Crippen molar-refractivity contribution in [2.45, 2.75) is 6.92 Å². The molecule has 1 aliphatic rings. The molecule has 4 heteroatoms. The molecule has 0 aromatic heterocycles. The average Bonchev–Trinajstić information content (AvgIpc) is 2.43. The number of nitrogens with one attached hydrogen (secondary N) is 1. The summed E-state index contributed by atoms with van der Waals surface area (Å²) in [6.07, 6.45) is 0. The Morgan fingerprint density at radius 2 is 2.19 bits per heavy atom. The number of halogens is 2. The Morgan fingerprint density at radius 1 is 1.38 bits per heavy atom. The van der Waals surface area contributed by atoms with Gasteiger partial charge in [-0.1, -0.05) is 6.92 Å². The summed E-state index contributed by atoms with van der Waals surface area (Å²) in [5.74, 6) is -0.539. The van der Waals surface area contributed by atoms with Gasteiger partial charge in [0.2, 0.25) is 0 Å². The molecule has 0 amide bonds. The van der Waals surface area contributed by atoms with E-state index < -0.39 is 11.6 Å². The van der Waals surface area contributed by atoms with Gasteiger partial charge in [0, 0.05) is 25.7 Å². The van der Waals surface area contributed by atoms with Gasteiger partial charge in [0.25, 0.3) is 0 Å². The molecule has 1 aromatic carbocycles. The zero-order chi connectivity index (χ0) is 11.5. The summed E-state index contributed by atoms with van der Waals surface area (Å²) >= 11 is 0. The smallest absolute Gasteiger partial charge is 0.149 e. The van der Waals surface area contributed by atoms with E-state index in [1.165, 1.54) is 12.1 Å². The van der Waals surface area contributed by atoms with E-state index in [0.717, 1.165) is 32.2 Å². The first-order valence-electron chi connectivity index (χ1n) is 5.57. The fourth-order valence-electron chi connectivity index (χ4n) is 2.05. The predicted octanol–water partition coefficient (Wildman–Crippen LogP) is 2.01. The third-order valence-corrected chi connectivity index (χ3v) is 2.83. The molecule has 16 heavy (non-hydrogen) atoms. The van der Waals surface area contributed by atoms with Gasteiger partial charge < -0.3 is 10.2 Å². The minimum Gasteiger partial charge on any atom is -0.368 e. The lowest BCUT2D eigenvalue weighted by Gasteiger charge is -2.24. The van der Waals surface area contributed by atoms with Crippen LogP contribution in [-0.4, -0.2) is 26.2 Å². The molecule has 1 atom stereocenters. The Kier molecular flexibility index (Phi) is 3.39. The standard InChI is InChI=1S/C12H16F2N2/c1-9-7-15-4-5-16(8-9)12-3-2-10(13)6-11(12)14/h2-3,6,9,15H,4-5,7-8H2,1H3. The molecule has 0 radical (unpaired) electrons. The van der Waals surface area contributed by atoms with Crippen LogP contribution in [0, 0.1) is 17.6 Å². The Hall–Kier alpha value is -1.16. The van der Waals surface area contributed by atoms with E-state index in [4.69, 9.17) is 0 Å². The van der Waals surface area contributed by atoms with Crippen LogP contribution in [-0.2, 0) is 0 Å². The molecule has 2 rings (SSSR count). The molecule has 0 bridgehead atoms. The Bertz CT molecular complexity index is 368. The summed E-state index contributed by atoms with van der Waals surface area (Å²) in [4.78, 5) is 1.97. The molecule has 1 aliphatic heterocycles. The van der Waals surface area contributed by atoms with Crippen molar-refractivity contribution in [2.24, 2.45) is 5.92 Å². The maximum atomic E-state index is 13.6. The SMILES string of the molecule is CC1CNCCN(c2ccc(F)cc2F)C1. The molecule has 0 saturated carbocycles. The predicted molar refractivity (Wildman–Crippen MR) is 60.6 cm³/mol. The fraction of sp³-hybridized carbons (Fsp3) is 0.500. The van der Waals surface area contributed by atoms with E-state index in [9.17, 15) is 8.78 Å². The number of anilines is 1. The van der Waals surface area contributed by atoms with Crippen LogP contribution < -0.4 is 10.2 Å². The molecule has 1 aromatic rings. The maximum Gasteiger partial charge on any atom is 0.149 e. The van der Waals surface area contributed by atoms with Gasteiger partial charge >= 0.3 is 0 Å². The van der Waals surface area contributed by atoms with E-state index in [1.807, 2.05) is 4.90 Å². The summed E-state index contributed by atoms with van der Waals surface area (Å²) in [5, 5.41) is 3.29. The minimum absolute atomic E-state index is 0.465. The van der Waals surface area contributed by atoms with E-state index in [1.54, 1.807) is 0 Å². The van der Waals surface area contributed by atoms with Crippen LogP contribution in [0.4, 0.5) is 14.5 Å². The van der Waals surface area contributed by atoms with Crippen molar-refractivity contribution >= 4 is 5.69 Å².